The van der Waals surface area contributed by atoms with Crippen LogP contribution >= 0.6 is 0 Å². The van der Waals surface area contributed by atoms with Gasteiger partial charge in [-0.1, -0.05) is 12.1 Å². The van der Waals surface area contributed by atoms with E-state index in [-0.39, 0.29) is 11.9 Å². The summed E-state index contributed by atoms with van der Waals surface area (Å²) in [5.74, 6) is -0.0770. The molecule has 2 rings (SSSR count). The van der Waals surface area contributed by atoms with Crippen molar-refractivity contribution in [2.24, 2.45) is 0 Å². The van der Waals surface area contributed by atoms with E-state index in [1.165, 1.54) is 11.8 Å². The van der Waals surface area contributed by atoms with Crippen molar-refractivity contribution in [3.63, 3.8) is 0 Å². The standard InChI is InChI=1S/C13H17N3O2/c1-9(17)16(2)12-6-4-3-5-11(12)15-13(18)14-10-7-8-10/h3-6,10H,7-8H2,1-2H3,(H2,14,15,18). The molecule has 0 unspecified atom stereocenters. The van der Waals surface area contributed by atoms with Crippen LogP contribution in [-0.4, -0.2) is 25.0 Å². The lowest BCUT2D eigenvalue weighted by molar-refractivity contribution is -0.116. The van der Waals surface area contributed by atoms with Crippen molar-refractivity contribution in [3.8, 4) is 0 Å². The molecule has 0 spiro atoms. The van der Waals surface area contributed by atoms with Crippen molar-refractivity contribution in [2.45, 2.75) is 25.8 Å². The summed E-state index contributed by atoms with van der Waals surface area (Å²) in [6.45, 7) is 1.49. The van der Waals surface area contributed by atoms with Gasteiger partial charge in [0.25, 0.3) is 0 Å². The van der Waals surface area contributed by atoms with Crippen molar-refractivity contribution in [2.75, 3.05) is 17.3 Å². The van der Waals surface area contributed by atoms with Gasteiger partial charge in [0.15, 0.2) is 0 Å². The molecule has 1 aromatic carbocycles. The molecule has 5 heteroatoms. The van der Waals surface area contributed by atoms with Gasteiger partial charge >= 0.3 is 6.03 Å². The van der Waals surface area contributed by atoms with E-state index in [1.54, 1.807) is 19.2 Å². The van der Waals surface area contributed by atoms with E-state index in [2.05, 4.69) is 10.6 Å². The minimum Gasteiger partial charge on any atom is -0.335 e. The number of rotatable bonds is 3. The lowest BCUT2D eigenvalue weighted by Crippen LogP contribution is -2.31. The van der Waals surface area contributed by atoms with Crippen LogP contribution in [0.4, 0.5) is 16.2 Å². The van der Waals surface area contributed by atoms with E-state index in [0.717, 1.165) is 12.8 Å². The molecular formula is C13H17N3O2. The van der Waals surface area contributed by atoms with Gasteiger partial charge in [0.2, 0.25) is 5.91 Å². The lowest BCUT2D eigenvalue weighted by atomic mass is 10.2. The molecule has 0 radical (unpaired) electrons. The second-order valence-corrected chi connectivity index (χ2v) is 4.47. The third-order valence-electron chi connectivity index (χ3n) is 2.90. The fourth-order valence-electron chi connectivity index (χ4n) is 1.61. The van der Waals surface area contributed by atoms with E-state index in [0.29, 0.717) is 17.4 Å². The molecule has 3 amide bonds. The molecule has 5 nitrogen and oxygen atoms in total. The Morgan fingerprint density at radius 2 is 1.94 bits per heavy atom. The van der Waals surface area contributed by atoms with Gasteiger partial charge in [-0.2, -0.15) is 0 Å². The Balaban J connectivity index is 2.10. The van der Waals surface area contributed by atoms with Crippen LogP contribution in [-0.2, 0) is 4.79 Å². The number of amides is 3. The van der Waals surface area contributed by atoms with E-state index in [4.69, 9.17) is 0 Å². The topological polar surface area (TPSA) is 61.4 Å². The number of hydrogen-bond acceptors (Lipinski definition) is 2. The highest BCUT2D eigenvalue weighted by Crippen LogP contribution is 2.25. The summed E-state index contributed by atoms with van der Waals surface area (Å²) in [5.41, 5.74) is 1.32. The molecule has 0 bridgehead atoms. The van der Waals surface area contributed by atoms with Gasteiger partial charge < -0.3 is 15.5 Å². The van der Waals surface area contributed by atoms with E-state index >= 15 is 0 Å². The highest BCUT2D eigenvalue weighted by Gasteiger charge is 2.23. The van der Waals surface area contributed by atoms with Crippen LogP contribution in [0.25, 0.3) is 0 Å². The number of anilines is 2. The molecular weight excluding hydrogens is 230 g/mol. The molecule has 18 heavy (non-hydrogen) atoms. The largest absolute Gasteiger partial charge is 0.335 e. The maximum atomic E-state index is 11.7. The van der Waals surface area contributed by atoms with Crippen molar-refractivity contribution >= 4 is 23.3 Å². The number of nitrogens with one attached hydrogen (secondary N) is 2. The molecule has 1 aromatic rings. The average molecular weight is 247 g/mol. The van der Waals surface area contributed by atoms with Crippen molar-refractivity contribution in [1.29, 1.82) is 0 Å². The summed E-state index contributed by atoms with van der Waals surface area (Å²) in [6, 6.07) is 7.32. The highest BCUT2D eigenvalue weighted by molar-refractivity contribution is 5.99. The van der Waals surface area contributed by atoms with Gasteiger partial charge in [0.05, 0.1) is 11.4 Å². The Labute approximate surface area is 106 Å². The third-order valence-corrected chi connectivity index (χ3v) is 2.90. The van der Waals surface area contributed by atoms with E-state index < -0.39 is 0 Å². The quantitative estimate of drug-likeness (QED) is 0.857. The fourth-order valence-corrected chi connectivity index (χ4v) is 1.61. The average Bonchev–Trinajstić information content (AvgIpc) is 3.12. The number of nitrogens with zero attached hydrogens (tertiary/aromatic N) is 1. The first-order chi connectivity index (χ1) is 8.58. The molecule has 0 heterocycles. The van der Waals surface area contributed by atoms with Gasteiger partial charge in [-0.05, 0) is 25.0 Å². The molecule has 0 atom stereocenters. The SMILES string of the molecule is CC(=O)N(C)c1ccccc1NC(=O)NC1CC1. The van der Waals surface area contributed by atoms with Gasteiger partial charge in [-0.25, -0.2) is 4.79 Å². The van der Waals surface area contributed by atoms with E-state index in [1.807, 2.05) is 12.1 Å². The van der Waals surface area contributed by atoms with Crippen LogP contribution in [0.5, 0.6) is 0 Å². The molecule has 0 aromatic heterocycles. The van der Waals surface area contributed by atoms with Crippen molar-refractivity contribution in [1.82, 2.24) is 5.32 Å². The molecule has 2 N–H and O–H groups in total. The highest BCUT2D eigenvalue weighted by atomic mass is 16.2. The fraction of sp³-hybridized carbons (Fsp3) is 0.385. The number of para-hydroxylation sites is 2. The zero-order chi connectivity index (χ0) is 13.1. The number of carbonyl (C=O) groups excluding carboxylic acids is 2. The minimum absolute atomic E-state index is 0.0770. The summed E-state index contributed by atoms with van der Waals surface area (Å²) in [5, 5.41) is 5.62. The second-order valence-electron chi connectivity index (χ2n) is 4.47. The minimum atomic E-state index is -0.220. The zero-order valence-corrected chi connectivity index (χ0v) is 10.6. The molecule has 1 fully saturated rings. The van der Waals surface area contributed by atoms with Crippen LogP contribution in [0.15, 0.2) is 24.3 Å². The molecule has 1 aliphatic carbocycles. The number of benzene rings is 1. The Morgan fingerprint density at radius 3 is 2.56 bits per heavy atom. The van der Waals surface area contributed by atoms with Crippen molar-refractivity contribution < 1.29 is 9.59 Å². The number of hydrogen-bond donors (Lipinski definition) is 2. The molecule has 1 aliphatic rings. The molecule has 96 valence electrons. The predicted octanol–water partition coefficient (Wildman–Crippen LogP) is 1.95. The van der Waals surface area contributed by atoms with E-state index in [9.17, 15) is 9.59 Å². The lowest BCUT2D eigenvalue weighted by Gasteiger charge is -2.19. The summed E-state index contributed by atoms with van der Waals surface area (Å²) in [7, 11) is 1.68. The van der Waals surface area contributed by atoms with Crippen molar-refractivity contribution in [3.05, 3.63) is 24.3 Å². The second kappa shape index (κ2) is 5.08. The number of urea groups is 1. The molecule has 1 saturated carbocycles. The van der Waals surface area contributed by atoms with Crippen LogP contribution in [0, 0.1) is 0 Å². The van der Waals surface area contributed by atoms with Gasteiger partial charge in [-0.15, -0.1) is 0 Å². The summed E-state index contributed by atoms with van der Waals surface area (Å²) >= 11 is 0. The van der Waals surface area contributed by atoms with Gasteiger partial charge in [0, 0.05) is 20.0 Å². The first kappa shape index (κ1) is 12.4. The number of carbonyl (C=O) groups is 2. The summed E-state index contributed by atoms with van der Waals surface area (Å²) in [4.78, 5) is 24.6. The van der Waals surface area contributed by atoms with Crippen LogP contribution in [0.1, 0.15) is 19.8 Å². The van der Waals surface area contributed by atoms with Crippen LogP contribution in [0.3, 0.4) is 0 Å². The maximum Gasteiger partial charge on any atom is 0.319 e. The third kappa shape index (κ3) is 3.00. The Morgan fingerprint density at radius 1 is 1.28 bits per heavy atom. The Hall–Kier alpha value is -2.04. The Kier molecular flexibility index (Phi) is 3.50. The normalized spacial score (nSPS) is 13.9. The summed E-state index contributed by atoms with van der Waals surface area (Å²) < 4.78 is 0. The Bertz CT molecular complexity index is 469. The van der Waals surface area contributed by atoms with Gasteiger partial charge in [0.1, 0.15) is 0 Å². The first-order valence-electron chi connectivity index (χ1n) is 5.99. The van der Waals surface area contributed by atoms with Crippen LogP contribution in [0.2, 0.25) is 0 Å². The van der Waals surface area contributed by atoms with Crippen LogP contribution < -0.4 is 15.5 Å². The zero-order valence-electron chi connectivity index (χ0n) is 10.6. The van der Waals surface area contributed by atoms with Gasteiger partial charge in [-0.3, -0.25) is 4.79 Å². The molecule has 0 saturated heterocycles. The smallest absolute Gasteiger partial charge is 0.319 e. The maximum absolute atomic E-state index is 11.7. The first-order valence-corrected chi connectivity index (χ1v) is 5.99. The monoisotopic (exact) mass is 247 g/mol. The summed E-state index contributed by atoms with van der Waals surface area (Å²) in [6.07, 6.45) is 2.09. The molecule has 0 aliphatic heterocycles. The predicted molar refractivity (Wildman–Crippen MR) is 70.7 cm³/mol.